The molecule has 39 heavy (non-hydrogen) atoms. The number of amides is 1. The zero-order valence-electron chi connectivity index (χ0n) is 21.8. The molecule has 0 bridgehead atoms. The van der Waals surface area contributed by atoms with Crippen LogP contribution in [0.1, 0.15) is 96.8 Å². The third-order valence-electron chi connectivity index (χ3n) is 8.27. The molecule has 1 amide bonds. The summed E-state index contributed by atoms with van der Waals surface area (Å²) >= 11 is 12.5. The van der Waals surface area contributed by atoms with Crippen molar-refractivity contribution in [3.8, 4) is 0 Å². The van der Waals surface area contributed by atoms with Gasteiger partial charge in [-0.25, -0.2) is 0 Å². The fraction of sp³-hybridized carbons (Fsp3) is 0.556. The van der Waals surface area contributed by atoms with Crippen molar-refractivity contribution >= 4 is 40.9 Å². The van der Waals surface area contributed by atoms with Gasteiger partial charge in [0.2, 0.25) is 0 Å². The number of ketones is 1. The number of nitrogens with zero attached hydrogens (tertiary/aromatic N) is 2. The summed E-state index contributed by atoms with van der Waals surface area (Å²) in [6.07, 6.45) is -2.04. The van der Waals surface area contributed by atoms with E-state index in [0.29, 0.717) is 12.8 Å². The molecule has 2 aliphatic rings. The highest BCUT2D eigenvalue weighted by molar-refractivity contribution is 6.40. The highest BCUT2D eigenvalue weighted by atomic mass is 35.5. The second kappa shape index (κ2) is 10.4. The quantitative estimate of drug-likeness (QED) is 0.327. The van der Waals surface area contributed by atoms with Crippen LogP contribution in [0, 0.1) is 17.8 Å². The molecule has 1 atom stereocenters. The molecule has 2 aliphatic carbocycles. The van der Waals surface area contributed by atoms with Crippen LogP contribution >= 0.6 is 23.2 Å². The van der Waals surface area contributed by atoms with Gasteiger partial charge in [0.05, 0.1) is 38.8 Å². The van der Waals surface area contributed by atoms with Crippen LogP contribution in [-0.4, -0.2) is 38.6 Å². The lowest BCUT2D eigenvalue weighted by molar-refractivity contribution is -0.152. The number of carboxylic acid groups (broad SMARTS) is 1. The average Bonchev–Trinajstić information content (AvgIpc) is 3.40. The number of carbonyl (C=O) groups excluding carboxylic acids is 2. The van der Waals surface area contributed by atoms with Crippen molar-refractivity contribution in [2.24, 2.45) is 10.8 Å². The van der Waals surface area contributed by atoms with E-state index in [2.05, 4.69) is 10.4 Å². The molecular formula is C27H30Cl2F3N3O4. The third-order valence-corrected chi connectivity index (χ3v) is 8.87. The molecule has 1 aromatic carbocycles. The molecular weight excluding hydrogens is 558 g/mol. The summed E-state index contributed by atoms with van der Waals surface area (Å²) in [4.78, 5) is 38.0. The van der Waals surface area contributed by atoms with Crippen LogP contribution in [0.3, 0.4) is 0 Å². The summed E-state index contributed by atoms with van der Waals surface area (Å²) in [6.45, 7) is 5.21. The van der Waals surface area contributed by atoms with E-state index in [-0.39, 0.29) is 47.7 Å². The van der Waals surface area contributed by atoms with Gasteiger partial charge in [0, 0.05) is 12.5 Å². The summed E-state index contributed by atoms with van der Waals surface area (Å²) in [6, 6.07) is 1.75. The van der Waals surface area contributed by atoms with Crippen LogP contribution in [0.4, 0.5) is 13.2 Å². The smallest absolute Gasteiger partial charge is 0.433 e. The summed E-state index contributed by atoms with van der Waals surface area (Å²) in [5, 5.41) is 16.4. The molecule has 0 spiro atoms. The van der Waals surface area contributed by atoms with Gasteiger partial charge in [-0.2, -0.15) is 18.3 Å². The van der Waals surface area contributed by atoms with Gasteiger partial charge in [-0.3, -0.25) is 19.1 Å². The summed E-state index contributed by atoms with van der Waals surface area (Å²) in [5.41, 5.74) is -2.41. The van der Waals surface area contributed by atoms with E-state index >= 15 is 0 Å². The lowest BCUT2D eigenvalue weighted by Crippen LogP contribution is -2.42. The number of aryl methyl sites for hydroxylation is 1. The van der Waals surface area contributed by atoms with Gasteiger partial charge in [-0.15, -0.1) is 0 Å². The highest BCUT2D eigenvalue weighted by Crippen LogP contribution is 2.50. The number of alkyl halides is 3. The molecule has 1 heterocycles. The fourth-order valence-corrected chi connectivity index (χ4v) is 6.10. The second-order valence-corrected chi connectivity index (χ2v) is 12.2. The molecule has 0 saturated heterocycles. The molecule has 212 valence electrons. The Balaban J connectivity index is 1.58. The number of halogens is 5. The monoisotopic (exact) mass is 587 g/mol. The van der Waals surface area contributed by atoms with E-state index in [4.69, 9.17) is 23.2 Å². The van der Waals surface area contributed by atoms with Crippen molar-refractivity contribution in [2.45, 2.75) is 84.0 Å². The number of nitrogens with one attached hydrogen (secondary N) is 1. The molecule has 1 unspecified atom stereocenters. The maximum atomic E-state index is 14.3. The number of hydrogen-bond donors (Lipinski definition) is 2. The Hall–Kier alpha value is -2.59. The number of aliphatic carboxylic acids is 1. The normalized spacial score (nSPS) is 23.2. The van der Waals surface area contributed by atoms with Crippen LogP contribution in [0.5, 0.6) is 0 Å². The number of carboxylic acids is 1. The van der Waals surface area contributed by atoms with E-state index < -0.39 is 58.0 Å². The van der Waals surface area contributed by atoms with Crippen LogP contribution in [0.15, 0.2) is 18.3 Å². The Bertz CT molecular complexity index is 1290. The maximum absolute atomic E-state index is 14.3. The summed E-state index contributed by atoms with van der Waals surface area (Å²) in [7, 11) is 0. The molecule has 1 aromatic heterocycles. The van der Waals surface area contributed by atoms with Gasteiger partial charge in [0.1, 0.15) is 0 Å². The van der Waals surface area contributed by atoms with E-state index in [1.54, 1.807) is 26.0 Å². The average molecular weight is 588 g/mol. The van der Waals surface area contributed by atoms with Crippen LogP contribution < -0.4 is 5.32 Å². The standard InChI is InChI=1S/C27H30Cl2F3N3O4/c1-14-10-17(28)21(18(29)11-14)19(36)12-20(25(2)8-9-25)34-23(37)16-13-33-35(22(16)27(30,31)32)15-4-6-26(3,7-5-15)24(38)39/h10-11,13,15,20H,4-9,12H2,1-3H3,(H,34,37)(H,38,39). The Labute approximate surface area is 234 Å². The van der Waals surface area contributed by atoms with Crippen LogP contribution in [0.25, 0.3) is 0 Å². The molecule has 2 N–H and O–H groups in total. The minimum Gasteiger partial charge on any atom is -0.481 e. The van der Waals surface area contributed by atoms with Crippen molar-refractivity contribution in [1.82, 2.24) is 15.1 Å². The maximum Gasteiger partial charge on any atom is 0.433 e. The van der Waals surface area contributed by atoms with Gasteiger partial charge < -0.3 is 10.4 Å². The van der Waals surface area contributed by atoms with Crippen molar-refractivity contribution in [2.75, 3.05) is 0 Å². The van der Waals surface area contributed by atoms with E-state index in [1.807, 2.05) is 6.92 Å². The van der Waals surface area contributed by atoms with Crippen molar-refractivity contribution in [3.63, 3.8) is 0 Å². The number of carbonyl (C=O) groups is 3. The number of Topliss-reactive ketones (excluding diaryl/α,β-unsaturated/α-hetero) is 1. The molecule has 0 aliphatic heterocycles. The topological polar surface area (TPSA) is 101 Å². The molecule has 2 saturated carbocycles. The van der Waals surface area contributed by atoms with Gasteiger partial charge in [-0.05, 0) is 75.5 Å². The first-order chi connectivity index (χ1) is 18.1. The largest absolute Gasteiger partial charge is 0.481 e. The first kappa shape index (κ1) is 29.4. The molecule has 7 nitrogen and oxygen atoms in total. The van der Waals surface area contributed by atoms with Crippen molar-refractivity contribution in [1.29, 1.82) is 0 Å². The molecule has 2 fully saturated rings. The highest BCUT2D eigenvalue weighted by Gasteiger charge is 2.48. The van der Waals surface area contributed by atoms with Gasteiger partial charge in [-0.1, -0.05) is 30.1 Å². The van der Waals surface area contributed by atoms with Gasteiger partial charge in [0.25, 0.3) is 5.91 Å². The Morgan fingerprint density at radius 3 is 2.18 bits per heavy atom. The zero-order valence-corrected chi connectivity index (χ0v) is 23.3. The van der Waals surface area contributed by atoms with Crippen molar-refractivity contribution < 1.29 is 32.7 Å². The molecule has 12 heteroatoms. The lowest BCUT2D eigenvalue weighted by Gasteiger charge is -2.34. The first-order valence-electron chi connectivity index (χ1n) is 12.7. The molecule has 2 aromatic rings. The zero-order chi connectivity index (χ0) is 28.9. The van der Waals surface area contributed by atoms with E-state index in [9.17, 15) is 32.7 Å². The molecule has 4 rings (SSSR count). The number of hydrogen-bond acceptors (Lipinski definition) is 4. The fourth-order valence-electron chi connectivity index (χ4n) is 5.29. The van der Waals surface area contributed by atoms with Gasteiger partial charge >= 0.3 is 12.1 Å². The Morgan fingerprint density at radius 2 is 1.69 bits per heavy atom. The minimum atomic E-state index is -4.88. The Kier molecular flexibility index (Phi) is 7.86. The van der Waals surface area contributed by atoms with E-state index in [1.165, 1.54) is 0 Å². The SMILES string of the molecule is Cc1cc(Cl)c(C(=O)CC(NC(=O)c2cnn(C3CCC(C)(C(=O)O)CC3)c2C(F)(F)F)C2(C)CC2)c(Cl)c1. The lowest BCUT2D eigenvalue weighted by atomic mass is 9.74. The number of aromatic nitrogens is 2. The summed E-state index contributed by atoms with van der Waals surface area (Å²) < 4.78 is 43.6. The number of rotatable bonds is 8. The van der Waals surface area contributed by atoms with Crippen LogP contribution in [0.2, 0.25) is 10.0 Å². The first-order valence-corrected chi connectivity index (χ1v) is 13.5. The van der Waals surface area contributed by atoms with Crippen LogP contribution in [-0.2, 0) is 11.0 Å². The van der Waals surface area contributed by atoms with E-state index in [0.717, 1.165) is 16.4 Å². The third kappa shape index (κ3) is 5.96. The van der Waals surface area contributed by atoms with Crippen molar-refractivity contribution in [3.05, 3.63) is 50.8 Å². The minimum absolute atomic E-state index is 0.113. The predicted octanol–water partition coefficient (Wildman–Crippen LogP) is 6.89. The molecule has 0 radical (unpaired) electrons. The Morgan fingerprint density at radius 1 is 1.13 bits per heavy atom. The second-order valence-electron chi connectivity index (χ2n) is 11.4. The van der Waals surface area contributed by atoms with Gasteiger partial charge in [0.15, 0.2) is 11.5 Å². The number of benzene rings is 1. The predicted molar refractivity (Wildman–Crippen MR) is 139 cm³/mol. The summed E-state index contributed by atoms with van der Waals surface area (Å²) in [5.74, 6) is -2.38.